The van der Waals surface area contributed by atoms with Gasteiger partial charge in [-0.3, -0.25) is 4.57 Å². The molecule has 0 radical (unpaired) electrons. The van der Waals surface area contributed by atoms with Crippen molar-refractivity contribution in [3.05, 3.63) is 0 Å². The Kier molecular flexibility index (Phi) is 6.60. The van der Waals surface area contributed by atoms with Crippen LogP contribution in [0.4, 0.5) is 0 Å². The van der Waals surface area contributed by atoms with E-state index in [0.717, 1.165) is 17.8 Å². The molecule has 4 fully saturated rings. The molecule has 2 atom stereocenters. The molecule has 0 aromatic carbocycles. The van der Waals surface area contributed by atoms with Crippen LogP contribution in [0.1, 0.15) is 79.6 Å². The van der Waals surface area contributed by atoms with Crippen LogP contribution in [0.3, 0.4) is 0 Å². The first-order valence-electron chi connectivity index (χ1n) is 10.9. The molecular weight excluding hydrogens is 345 g/mol. The smallest absolute Gasteiger partial charge is 0.308 e. The van der Waals surface area contributed by atoms with Gasteiger partial charge in [-0.15, -0.1) is 0 Å². The summed E-state index contributed by atoms with van der Waals surface area (Å²) in [4.78, 5) is 0. The first-order chi connectivity index (χ1) is 12.3. The molecular formula is C21H40NO3P. The summed E-state index contributed by atoms with van der Waals surface area (Å²) in [7, 11) is -3.14. The normalized spacial score (nSPS) is 35.8. The lowest BCUT2D eigenvalue weighted by molar-refractivity contribution is -0.0615. The molecule has 2 unspecified atom stereocenters. The third-order valence-electron chi connectivity index (χ3n) is 6.95. The minimum Gasteiger partial charge on any atom is -0.308 e. The van der Waals surface area contributed by atoms with Crippen LogP contribution >= 0.6 is 7.60 Å². The van der Waals surface area contributed by atoms with Crippen molar-refractivity contribution in [1.82, 2.24) is 5.32 Å². The van der Waals surface area contributed by atoms with Crippen molar-refractivity contribution >= 4 is 7.60 Å². The predicted molar refractivity (Wildman–Crippen MR) is 107 cm³/mol. The summed E-state index contributed by atoms with van der Waals surface area (Å²) in [5, 5.41) is 3.69. The molecule has 4 nitrogen and oxygen atoms in total. The molecule has 0 heterocycles. The van der Waals surface area contributed by atoms with Gasteiger partial charge >= 0.3 is 7.60 Å². The lowest BCUT2D eigenvalue weighted by Crippen LogP contribution is -2.50. The maximum atomic E-state index is 13.3. The maximum absolute atomic E-state index is 13.3. The van der Waals surface area contributed by atoms with E-state index in [2.05, 4.69) is 26.1 Å². The molecule has 152 valence electrons. The Balaban J connectivity index is 1.67. The molecule has 26 heavy (non-hydrogen) atoms. The molecule has 0 aliphatic heterocycles. The van der Waals surface area contributed by atoms with Crippen LogP contribution in [0.25, 0.3) is 0 Å². The van der Waals surface area contributed by atoms with Crippen LogP contribution in [0.5, 0.6) is 0 Å². The van der Waals surface area contributed by atoms with E-state index < -0.39 is 7.60 Å². The first-order valence-corrected chi connectivity index (χ1v) is 12.5. The summed E-state index contributed by atoms with van der Waals surface area (Å²) >= 11 is 0. The second-order valence-corrected chi connectivity index (χ2v) is 11.9. The summed E-state index contributed by atoms with van der Waals surface area (Å²) < 4.78 is 24.7. The fourth-order valence-electron chi connectivity index (χ4n) is 6.75. The Hall–Kier alpha value is 0.110. The van der Waals surface area contributed by atoms with Crippen molar-refractivity contribution in [3.8, 4) is 0 Å². The minimum atomic E-state index is -3.14. The van der Waals surface area contributed by atoms with Gasteiger partial charge in [0.15, 0.2) is 0 Å². The number of nitrogens with one attached hydrogen (secondary N) is 1. The summed E-state index contributed by atoms with van der Waals surface area (Å²) in [6.45, 7) is 11.1. The van der Waals surface area contributed by atoms with Crippen molar-refractivity contribution in [2.24, 2.45) is 29.1 Å². The number of rotatable bonds is 10. The third kappa shape index (κ3) is 4.40. The van der Waals surface area contributed by atoms with Gasteiger partial charge in [-0.1, -0.05) is 13.8 Å². The van der Waals surface area contributed by atoms with Gasteiger partial charge in [-0.2, -0.15) is 0 Å². The van der Waals surface area contributed by atoms with E-state index in [-0.39, 0.29) is 11.7 Å². The highest BCUT2D eigenvalue weighted by molar-refractivity contribution is 7.54. The standard InChI is InChI=1S/C21H40NO3P/c1-6-24-26(23,25-7-2)20(15(3)4)22-16(5)11-21-12-17-8-18(13-21)10-19(9-17)14-21/h15-20,22H,6-14H2,1-5H3. The molecule has 4 aliphatic rings. The second kappa shape index (κ2) is 8.23. The van der Waals surface area contributed by atoms with Crippen LogP contribution in [0.2, 0.25) is 0 Å². The Morgan fingerprint density at radius 3 is 1.81 bits per heavy atom. The van der Waals surface area contributed by atoms with E-state index in [4.69, 9.17) is 9.05 Å². The summed E-state index contributed by atoms with van der Waals surface area (Å²) in [5.74, 6) is 2.91. The van der Waals surface area contributed by atoms with Gasteiger partial charge in [0.05, 0.1) is 13.2 Å². The molecule has 4 rings (SSSR count). The van der Waals surface area contributed by atoms with Gasteiger partial charge in [0.25, 0.3) is 0 Å². The van der Waals surface area contributed by atoms with Crippen LogP contribution in [0, 0.1) is 29.1 Å². The summed E-state index contributed by atoms with van der Waals surface area (Å²) in [6.07, 6.45) is 9.93. The molecule has 0 aromatic heterocycles. The number of hydrogen-bond acceptors (Lipinski definition) is 4. The third-order valence-corrected chi connectivity index (χ3v) is 9.61. The Morgan fingerprint density at radius 2 is 1.42 bits per heavy atom. The highest BCUT2D eigenvalue weighted by Gasteiger charge is 2.51. The zero-order valence-electron chi connectivity index (χ0n) is 17.5. The van der Waals surface area contributed by atoms with Gasteiger partial charge in [-0.05, 0) is 94.8 Å². The van der Waals surface area contributed by atoms with Crippen LogP contribution in [-0.4, -0.2) is 25.0 Å². The van der Waals surface area contributed by atoms with Gasteiger partial charge in [0.1, 0.15) is 5.78 Å². The molecule has 0 spiro atoms. The zero-order chi connectivity index (χ0) is 18.9. The molecule has 0 saturated heterocycles. The largest absolute Gasteiger partial charge is 0.347 e. The average molecular weight is 386 g/mol. The van der Waals surface area contributed by atoms with Crippen molar-refractivity contribution in [1.29, 1.82) is 0 Å². The van der Waals surface area contributed by atoms with E-state index in [9.17, 15) is 4.57 Å². The summed E-state index contributed by atoms with van der Waals surface area (Å²) in [6, 6.07) is 0.341. The minimum absolute atomic E-state index is 0.206. The van der Waals surface area contributed by atoms with Crippen molar-refractivity contribution < 1.29 is 13.6 Å². The van der Waals surface area contributed by atoms with Crippen molar-refractivity contribution in [2.75, 3.05) is 13.2 Å². The monoisotopic (exact) mass is 385 g/mol. The van der Waals surface area contributed by atoms with E-state index in [1.807, 2.05) is 13.8 Å². The Bertz CT molecular complexity index is 476. The predicted octanol–water partition coefficient (Wildman–Crippen LogP) is 5.82. The zero-order valence-corrected chi connectivity index (χ0v) is 18.4. The Morgan fingerprint density at radius 1 is 0.962 bits per heavy atom. The van der Waals surface area contributed by atoms with Gasteiger partial charge in [-0.25, -0.2) is 0 Å². The van der Waals surface area contributed by atoms with E-state index >= 15 is 0 Å². The SMILES string of the molecule is CCOP(=O)(OCC)C(NC(C)CC12CC3CC(CC(C3)C1)C2)C(C)C. The van der Waals surface area contributed by atoms with E-state index in [0.29, 0.717) is 24.7 Å². The molecule has 1 N–H and O–H groups in total. The lowest BCUT2D eigenvalue weighted by Gasteiger charge is -2.57. The highest BCUT2D eigenvalue weighted by Crippen LogP contribution is 2.62. The molecule has 0 amide bonds. The fraction of sp³-hybridized carbons (Fsp3) is 1.00. The summed E-state index contributed by atoms with van der Waals surface area (Å²) in [5.41, 5.74) is 0.532. The topological polar surface area (TPSA) is 47.6 Å². The van der Waals surface area contributed by atoms with Gasteiger partial charge in [0, 0.05) is 6.04 Å². The van der Waals surface area contributed by atoms with E-state index in [1.165, 1.54) is 44.9 Å². The quantitative estimate of drug-likeness (QED) is 0.481. The molecule has 5 heteroatoms. The molecule has 4 bridgehead atoms. The maximum Gasteiger partial charge on any atom is 0.347 e. The van der Waals surface area contributed by atoms with Crippen molar-refractivity contribution in [3.63, 3.8) is 0 Å². The first kappa shape index (κ1) is 20.8. The second-order valence-electron chi connectivity index (χ2n) is 9.75. The van der Waals surface area contributed by atoms with Crippen molar-refractivity contribution in [2.45, 2.75) is 91.4 Å². The Labute approximate surface area is 160 Å². The van der Waals surface area contributed by atoms with Crippen LogP contribution in [-0.2, 0) is 13.6 Å². The van der Waals surface area contributed by atoms with E-state index in [1.54, 1.807) is 0 Å². The van der Waals surface area contributed by atoms with Crippen LogP contribution < -0.4 is 5.32 Å². The molecule has 4 aliphatic carbocycles. The van der Waals surface area contributed by atoms with Gasteiger partial charge in [0.2, 0.25) is 0 Å². The molecule has 0 aromatic rings. The fourth-order valence-corrected chi connectivity index (χ4v) is 9.03. The van der Waals surface area contributed by atoms with Gasteiger partial charge < -0.3 is 14.4 Å². The lowest BCUT2D eigenvalue weighted by atomic mass is 9.48. The number of hydrogen-bond donors (Lipinski definition) is 1. The van der Waals surface area contributed by atoms with Crippen LogP contribution in [0.15, 0.2) is 0 Å². The average Bonchev–Trinajstić information content (AvgIpc) is 2.50. The molecule has 4 saturated carbocycles. The highest BCUT2D eigenvalue weighted by atomic mass is 31.2.